The third kappa shape index (κ3) is 4.06. The number of hydrogen-bond donors (Lipinski definition) is 4. The molecular formula is C18H21ClN8O2. The molecule has 0 aliphatic rings. The molecule has 152 valence electrons. The van der Waals surface area contributed by atoms with Crippen molar-refractivity contribution in [2.75, 3.05) is 18.0 Å². The molecule has 2 aromatic heterocycles. The molecule has 0 aliphatic carbocycles. The summed E-state index contributed by atoms with van der Waals surface area (Å²) in [6.07, 6.45) is 0. The van der Waals surface area contributed by atoms with Crippen LogP contribution in [0.1, 0.15) is 40.5 Å². The minimum Gasteiger partial charge on any atom is -0.382 e. The summed E-state index contributed by atoms with van der Waals surface area (Å²) < 4.78 is 1.92. The monoisotopic (exact) mass is 416 g/mol. The Kier molecular flexibility index (Phi) is 5.83. The van der Waals surface area contributed by atoms with Crippen LogP contribution in [0.2, 0.25) is 5.15 Å². The number of nitrogens with zero attached hydrogens (tertiary/aromatic N) is 4. The number of amides is 2. The van der Waals surface area contributed by atoms with Crippen molar-refractivity contribution in [1.29, 1.82) is 0 Å². The van der Waals surface area contributed by atoms with E-state index in [2.05, 4.69) is 25.6 Å². The van der Waals surface area contributed by atoms with Crippen LogP contribution in [-0.2, 0) is 13.1 Å². The normalized spacial score (nSPS) is 10.9. The van der Waals surface area contributed by atoms with Gasteiger partial charge in [-0.25, -0.2) is 15.0 Å². The van der Waals surface area contributed by atoms with Crippen LogP contribution in [0.5, 0.6) is 0 Å². The molecule has 0 fully saturated rings. The molecular weight excluding hydrogens is 396 g/mol. The minimum atomic E-state index is -0.547. The van der Waals surface area contributed by atoms with E-state index in [0.717, 1.165) is 11.0 Å². The van der Waals surface area contributed by atoms with Crippen LogP contribution in [0, 0.1) is 0 Å². The van der Waals surface area contributed by atoms with Crippen molar-refractivity contribution >= 4 is 46.1 Å². The number of aryl methyl sites for hydroxylation is 1. The van der Waals surface area contributed by atoms with E-state index >= 15 is 0 Å². The van der Waals surface area contributed by atoms with Crippen LogP contribution < -0.4 is 22.1 Å². The van der Waals surface area contributed by atoms with Crippen molar-refractivity contribution in [3.8, 4) is 0 Å². The Morgan fingerprint density at radius 2 is 1.83 bits per heavy atom. The molecule has 0 bridgehead atoms. The van der Waals surface area contributed by atoms with Crippen molar-refractivity contribution in [3.63, 3.8) is 0 Å². The smallest absolute Gasteiger partial charge is 0.274 e. The van der Waals surface area contributed by atoms with Crippen molar-refractivity contribution in [2.45, 2.75) is 26.9 Å². The molecule has 0 atom stereocenters. The first-order chi connectivity index (χ1) is 13.8. The predicted octanol–water partition coefficient (Wildman–Crippen LogP) is 1.34. The molecule has 0 aliphatic heterocycles. The van der Waals surface area contributed by atoms with E-state index in [1.54, 1.807) is 18.2 Å². The zero-order valence-corrected chi connectivity index (χ0v) is 16.7. The summed E-state index contributed by atoms with van der Waals surface area (Å²) in [7, 11) is 0. The Morgan fingerprint density at radius 3 is 2.52 bits per heavy atom. The average molecular weight is 417 g/mol. The molecule has 3 rings (SSSR count). The van der Waals surface area contributed by atoms with E-state index in [-0.39, 0.29) is 34.9 Å². The highest BCUT2D eigenvalue weighted by Crippen LogP contribution is 2.20. The van der Waals surface area contributed by atoms with Crippen LogP contribution in [0.4, 0.5) is 11.6 Å². The van der Waals surface area contributed by atoms with Gasteiger partial charge in [0.1, 0.15) is 5.82 Å². The van der Waals surface area contributed by atoms with E-state index < -0.39 is 5.91 Å². The quantitative estimate of drug-likeness (QED) is 0.472. The highest BCUT2D eigenvalue weighted by molar-refractivity contribution is 6.31. The van der Waals surface area contributed by atoms with Crippen LogP contribution in [0.15, 0.2) is 18.2 Å². The molecule has 0 radical (unpaired) electrons. The Bertz CT molecular complexity index is 1100. The summed E-state index contributed by atoms with van der Waals surface area (Å²) in [5.41, 5.74) is 13.2. The lowest BCUT2D eigenvalue weighted by atomic mass is 10.2. The topological polar surface area (TPSA) is 154 Å². The number of benzene rings is 1. The third-order valence-electron chi connectivity index (χ3n) is 4.27. The lowest BCUT2D eigenvalue weighted by molar-refractivity contribution is 0.0941. The first-order valence-electron chi connectivity index (χ1n) is 8.99. The van der Waals surface area contributed by atoms with E-state index in [4.69, 9.17) is 23.1 Å². The molecule has 11 heteroatoms. The number of aromatic nitrogens is 4. The lowest BCUT2D eigenvalue weighted by Gasteiger charge is -2.09. The first-order valence-corrected chi connectivity index (χ1v) is 9.37. The Labute approximate surface area is 171 Å². The molecule has 0 spiro atoms. The van der Waals surface area contributed by atoms with Crippen molar-refractivity contribution in [2.24, 2.45) is 0 Å². The lowest BCUT2D eigenvalue weighted by Crippen LogP contribution is -2.27. The minimum absolute atomic E-state index is 0.0450. The van der Waals surface area contributed by atoms with Gasteiger partial charge >= 0.3 is 0 Å². The molecule has 2 heterocycles. The summed E-state index contributed by atoms with van der Waals surface area (Å²) in [5, 5.41) is 5.39. The average Bonchev–Trinajstić information content (AvgIpc) is 3.05. The largest absolute Gasteiger partial charge is 0.382 e. The highest BCUT2D eigenvalue weighted by atomic mass is 35.5. The van der Waals surface area contributed by atoms with Gasteiger partial charge in [-0.1, -0.05) is 11.6 Å². The third-order valence-corrected chi connectivity index (χ3v) is 4.55. The highest BCUT2D eigenvalue weighted by Gasteiger charge is 2.18. The van der Waals surface area contributed by atoms with Gasteiger partial charge in [0.05, 0.1) is 17.6 Å². The number of fused-ring (bicyclic) bond motifs is 1. The van der Waals surface area contributed by atoms with Crippen LogP contribution in [-0.4, -0.2) is 37.9 Å². The van der Waals surface area contributed by atoms with E-state index in [1.165, 1.54) is 0 Å². The van der Waals surface area contributed by atoms with Gasteiger partial charge in [0.15, 0.2) is 22.5 Å². The molecule has 0 saturated heterocycles. The van der Waals surface area contributed by atoms with Crippen LogP contribution in [0.25, 0.3) is 11.0 Å². The van der Waals surface area contributed by atoms with E-state index in [1.807, 2.05) is 18.4 Å². The van der Waals surface area contributed by atoms with Gasteiger partial charge in [-0.3, -0.25) is 9.59 Å². The second-order valence-electron chi connectivity index (χ2n) is 6.15. The number of nitrogens with one attached hydrogen (secondary N) is 2. The molecule has 2 amide bonds. The zero-order chi connectivity index (χ0) is 21.1. The summed E-state index contributed by atoms with van der Waals surface area (Å²) in [4.78, 5) is 36.8. The predicted molar refractivity (Wildman–Crippen MR) is 110 cm³/mol. The number of imidazole rings is 1. The summed E-state index contributed by atoms with van der Waals surface area (Å²) >= 11 is 5.83. The van der Waals surface area contributed by atoms with Crippen LogP contribution >= 0.6 is 11.6 Å². The maximum atomic E-state index is 12.4. The summed E-state index contributed by atoms with van der Waals surface area (Å²) in [6.45, 7) is 5.09. The van der Waals surface area contributed by atoms with Gasteiger partial charge in [-0.05, 0) is 32.0 Å². The maximum Gasteiger partial charge on any atom is 0.274 e. The van der Waals surface area contributed by atoms with Gasteiger partial charge < -0.3 is 26.7 Å². The summed E-state index contributed by atoms with van der Waals surface area (Å²) in [5.74, 6) is -0.231. The van der Waals surface area contributed by atoms with Crippen molar-refractivity contribution in [1.82, 2.24) is 30.2 Å². The summed E-state index contributed by atoms with van der Waals surface area (Å²) in [6, 6.07) is 5.28. The number of carbonyl (C=O) groups excluding carboxylic acids is 2. The molecule has 6 N–H and O–H groups in total. The molecule has 0 saturated carbocycles. The Hall–Kier alpha value is -3.40. The molecule has 29 heavy (non-hydrogen) atoms. The number of carbonyl (C=O) groups is 2. The van der Waals surface area contributed by atoms with E-state index in [9.17, 15) is 9.59 Å². The fourth-order valence-corrected chi connectivity index (χ4v) is 3.04. The zero-order valence-electron chi connectivity index (χ0n) is 16.0. The van der Waals surface area contributed by atoms with Crippen molar-refractivity contribution < 1.29 is 9.59 Å². The number of anilines is 2. The van der Waals surface area contributed by atoms with Gasteiger partial charge in [0, 0.05) is 18.7 Å². The molecule has 10 nitrogen and oxygen atoms in total. The first kappa shape index (κ1) is 20.3. The second-order valence-corrected chi connectivity index (χ2v) is 6.51. The molecule has 1 aromatic carbocycles. The van der Waals surface area contributed by atoms with Gasteiger partial charge in [-0.15, -0.1) is 0 Å². The van der Waals surface area contributed by atoms with Gasteiger partial charge in [0.2, 0.25) is 0 Å². The van der Waals surface area contributed by atoms with Crippen molar-refractivity contribution in [3.05, 3.63) is 40.4 Å². The van der Waals surface area contributed by atoms with Crippen LogP contribution in [0.3, 0.4) is 0 Å². The fraction of sp³-hybridized carbons (Fsp3) is 0.278. The number of nitrogens with two attached hydrogens (primary N) is 2. The van der Waals surface area contributed by atoms with Gasteiger partial charge in [0.25, 0.3) is 11.8 Å². The van der Waals surface area contributed by atoms with Gasteiger partial charge in [-0.2, -0.15) is 0 Å². The van der Waals surface area contributed by atoms with E-state index in [0.29, 0.717) is 24.5 Å². The fourth-order valence-electron chi connectivity index (χ4n) is 2.92. The Balaban J connectivity index is 1.85. The number of hydrogen-bond acceptors (Lipinski definition) is 7. The maximum absolute atomic E-state index is 12.4. The number of nitrogen functional groups attached to an aromatic ring is 2. The standard InChI is InChI=1S/C18H21ClN8O2/c1-3-22-17(28)9-5-6-10-11(7-9)27(4-2)12(24-10)8-23-18(29)13-15(20)26-16(21)14(19)25-13/h5-7H,3-4,8H2,1-2H3,(H,22,28)(H,23,29)(H4,20,21,26). The second kappa shape index (κ2) is 8.31. The molecule has 0 unspecified atom stereocenters. The number of halogens is 1. The Morgan fingerprint density at radius 1 is 1.07 bits per heavy atom. The SMILES string of the molecule is CCNC(=O)c1ccc2nc(CNC(=O)c3nc(Cl)c(N)nc3N)n(CC)c2c1. The molecule has 3 aromatic rings. The number of rotatable bonds is 6.